The second-order valence-electron chi connectivity index (χ2n) is 8.61. The molecule has 2 N–H and O–H groups in total. The second-order valence-corrected chi connectivity index (χ2v) is 8.61. The van der Waals surface area contributed by atoms with E-state index in [4.69, 9.17) is 4.74 Å². The summed E-state index contributed by atoms with van der Waals surface area (Å²) in [5.41, 5.74) is 1.05. The lowest BCUT2D eigenvalue weighted by Gasteiger charge is -2.55. The Balaban J connectivity index is 1.53. The van der Waals surface area contributed by atoms with Crippen molar-refractivity contribution in [3.63, 3.8) is 0 Å². The lowest BCUT2D eigenvalue weighted by Crippen LogP contribution is -2.59. The van der Waals surface area contributed by atoms with E-state index in [-0.39, 0.29) is 23.5 Å². The molecule has 2 bridgehead atoms. The number of hydrogen-bond donors (Lipinski definition) is 2. The summed E-state index contributed by atoms with van der Waals surface area (Å²) in [6.07, 6.45) is 4.43. The molecule has 0 spiro atoms. The van der Waals surface area contributed by atoms with E-state index in [0.29, 0.717) is 31.3 Å². The quantitative estimate of drug-likeness (QED) is 0.833. The number of likely N-dealkylation sites (tertiary alicyclic amines) is 1. The summed E-state index contributed by atoms with van der Waals surface area (Å²) in [4.78, 5) is 26.3. The van der Waals surface area contributed by atoms with Crippen molar-refractivity contribution in [1.29, 1.82) is 0 Å². The van der Waals surface area contributed by atoms with Crippen molar-refractivity contribution in [3.8, 4) is 0 Å². The van der Waals surface area contributed by atoms with Crippen molar-refractivity contribution in [2.24, 2.45) is 11.8 Å². The highest BCUT2D eigenvalue weighted by molar-refractivity contribution is 5.79. The third-order valence-electron chi connectivity index (χ3n) is 7.11. The maximum Gasteiger partial charge on any atom is 0.407 e. The number of alkyl carbamates (subject to hydrolysis) is 1. The first kappa shape index (κ1) is 19.2. The number of nitrogens with zero attached hydrogens (tertiary/aromatic N) is 1. The number of ether oxygens (including phenoxy) is 1. The van der Waals surface area contributed by atoms with Crippen LogP contribution >= 0.6 is 0 Å². The molecule has 6 nitrogen and oxygen atoms in total. The molecule has 0 radical (unpaired) electrons. The number of aliphatic hydroxyl groups excluding tert-OH is 1. The molecule has 2 aliphatic carbocycles. The maximum absolute atomic E-state index is 13.2. The number of carbonyl (C=O) groups is 2. The van der Waals surface area contributed by atoms with E-state index >= 15 is 0 Å². The third-order valence-corrected chi connectivity index (χ3v) is 7.11. The molecule has 1 heterocycles. The van der Waals surface area contributed by atoms with Crippen LogP contribution in [0.4, 0.5) is 4.79 Å². The van der Waals surface area contributed by atoms with Crippen LogP contribution in [0.3, 0.4) is 0 Å². The van der Waals surface area contributed by atoms with Gasteiger partial charge in [0.15, 0.2) is 0 Å². The van der Waals surface area contributed by atoms with Gasteiger partial charge in [0.1, 0.15) is 6.10 Å². The molecule has 152 valence electrons. The fourth-order valence-electron chi connectivity index (χ4n) is 5.77. The average Bonchev–Trinajstić information content (AvgIpc) is 2.65. The van der Waals surface area contributed by atoms with Gasteiger partial charge in [-0.15, -0.1) is 0 Å². The number of carbonyl (C=O) groups excluding carboxylic acids is 2. The maximum atomic E-state index is 13.2. The first-order chi connectivity index (χ1) is 13.5. The summed E-state index contributed by atoms with van der Waals surface area (Å²) in [6.45, 7) is 0.935. The molecule has 2 amide bonds. The number of fused-ring (bicyclic) bond motifs is 2. The van der Waals surface area contributed by atoms with E-state index in [9.17, 15) is 14.7 Å². The van der Waals surface area contributed by atoms with Crippen molar-refractivity contribution in [2.75, 3.05) is 20.1 Å². The third kappa shape index (κ3) is 3.39. The van der Waals surface area contributed by atoms with Gasteiger partial charge in [0.25, 0.3) is 0 Å². The monoisotopic (exact) mass is 386 g/mol. The molecule has 0 aromatic heterocycles. The smallest absolute Gasteiger partial charge is 0.407 e. The molecule has 2 atom stereocenters. The number of benzene rings is 1. The van der Waals surface area contributed by atoms with Crippen LogP contribution in [0.5, 0.6) is 0 Å². The Morgan fingerprint density at radius 2 is 1.82 bits per heavy atom. The summed E-state index contributed by atoms with van der Waals surface area (Å²) in [7, 11) is 1.53. The molecule has 6 heteroatoms. The topological polar surface area (TPSA) is 78.9 Å². The Kier molecular flexibility index (Phi) is 5.32. The highest BCUT2D eigenvalue weighted by atomic mass is 16.6. The van der Waals surface area contributed by atoms with E-state index in [2.05, 4.69) is 29.6 Å². The normalized spacial score (nSPS) is 32.4. The van der Waals surface area contributed by atoms with E-state index in [0.717, 1.165) is 25.7 Å². The van der Waals surface area contributed by atoms with E-state index in [1.807, 2.05) is 6.07 Å². The van der Waals surface area contributed by atoms with Crippen LogP contribution < -0.4 is 5.32 Å². The number of amides is 2. The molecule has 1 aromatic carbocycles. The zero-order chi connectivity index (χ0) is 19.7. The van der Waals surface area contributed by atoms with Crippen LogP contribution in [0.15, 0.2) is 30.3 Å². The summed E-state index contributed by atoms with van der Waals surface area (Å²) >= 11 is 0. The fraction of sp³-hybridized carbons (Fsp3) is 0.636. The van der Waals surface area contributed by atoms with E-state index in [1.54, 1.807) is 4.90 Å². The predicted molar refractivity (Wildman–Crippen MR) is 105 cm³/mol. The standard InChI is InChI=1S/C22H30N2O4/c1-23-21(27)28-19-13-24(14-19)20(26)12-22(15-6-3-2-4-7-15)16-8-5-9-17(22)11-18(25)10-16/h2-4,6-7,16-19,25H,5,8-14H2,1H3,(H,23,27). The van der Waals surface area contributed by atoms with Crippen molar-refractivity contribution in [3.05, 3.63) is 35.9 Å². The van der Waals surface area contributed by atoms with Gasteiger partial charge in [-0.1, -0.05) is 36.8 Å². The Labute approximate surface area is 166 Å². The molecule has 3 fully saturated rings. The predicted octanol–water partition coefficient (Wildman–Crippen LogP) is 2.45. The highest BCUT2D eigenvalue weighted by Crippen LogP contribution is 2.56. The number of rotatable bonds is 4. The molecule has 2 saturated carbocycles. The summed E-state index contributed by atoms with van der Waals surface area (Å²) in [6, 6.07) is 10.4. The lowest BCUT2D eigenvalue weighted by molar-refractivity contribution is -0.146. The van der Waals surface area contributed by atoms with Gasteiger partial charge in [0.05, 0.1) is 19.2 Å². The van der Waals surface area contributed by atoms with Gasteiger partial charge in [-0.3, -0.25) is 4.79 Å². The van der Waals surface area contributed by atoms with Crippen molar-refractivity contribution in [1.82, 2.24) is 10.2 Å². The zero-order valence-electron chi connectivity index (χ0n) is 16.5. The summed E-state index contributed by atoms with van der Waals surface area (Å²) in [5, 5.41) is 12.8. The van der Waals surface area contributed by atoms with Gasteiger partial charge >= 0.3 is 6.09 Å². The molecule has 1 aliphatic heterocycles. The lowest BCUT2D eigenvalue weighted by atomic mass is 9.50. The SMILES string of the molecule is CNC(=O)OC1CN(C(=O)CC2(c3ccccc3)C3CCCC2CC(O)C3)C1. The van der Waals surface area contributed by atoms with Crippen molar-refractivity contribution >= 4 is 12.0 Å². The fourth-order valence-corrected chi connectivity index (χ4v) is 5.77. The Bertz CT molecular complexity index is 703. The number of hydrogen-bond acceptors (Lipinski definition) is 4. The van der Waals surface area contributed by atoms with Crippen LogP contribution in [0.2, 0.25) is 0 Å². The van der Waals surface area contributed by atoms with Gasteiger partial charge in [-0.05, 0) is 43.1 Å². The van der Waals surface area contributed by atoms with Gasteiger partial charge in [0, 0.05) is 18.9 Å². The van der Waals surface area contributed by atoms with Gasteiger partial charge in [-0.2, -0.15) is 0 Å². The molecule has 3 aliphatic rings. The Morgan fingerprint density at radius 1 is 1.18 bits per heavy atom. The minimum Gasteiger partial charge on any atom is -0.442 e. The number of nitrogens with one attached hydrogen (secondary N) is 1. The van der Waals surface area contributed by atoms with Crippen molar-refractivity contribution in [2.45, 2.75) is 56.1 Å². The molecular formula is C22H30N2O4. The van der Waals surface area contributed by atoms with Gasteiger partial charge < -0.3 is 20.1 Å². The van der Waals surface area contributed by atoms with Crippen LogP contribution in [-0.2, 0) is 14.9 Å². The Morgan fingerprint density at radius 3 is 2.43 bits per heavy atom. The summed E-state index contributed by atoms with van der Waals surface area (Å²) in [5.74, 6) is 0.801. The van der Waals surface area contributed by atoms with E-state index < -0.39 is 6.09 Å². The molecule has 2 unspecified atom stereocenters. The molecule has 4 rings (SSSR count). The van der Waals surface area contributed by atoms with Gasteiger partial charge in [-0.25, -0.2) is 4.79 Å². The van der Waals surface area contributed by atoms with Crippen molar-refractivity contribution < 1.29 is 19.4 Å². The first-order valence-electron chi connectivity index (χ1n) is 10.4. The minimum atomic E-state index is -0.450. The second kappa shape index (κ2) is 7.74. The van der Waals surface area contributed by atoms with Gasteiger partial charge in [0.2, 0.25) is 5.91 Å². The van der Waals surface area contributed by atoms with Crippen LogP contribution in [0, 0.1) is 11.8 Å². The molecule has 1 saturated heterocycles. The number of aliphatic hydroxyl groups is 1. The highest BCUT2D eigenvalue weighted by Gasteiger charge is 2.54. The van der Waals surface area contributed by atoms with Crippen LogP contribution in [0.1, 0.15) is 44.1 Å². The largest absolute Gasteiger partial charge is 0.442 e. The minimum absolute atomic E-state index is 0.133. The molecule has 28 heavy (non-hydrogen) atoms. The molecular weight excluding hydrogens is 356 g/mol. The average molecular weight is 386 g/mol. The first-order valence-corrected chi connectivity index (χ1v) is 10.4. The zero-order valence-corrected chi connectivity index (χ0v) is 16.5. The molecule has 1 aromatic rings. The van der Waals surface area contributed by atoms with Crippen LogP contribution in [0.25, 0.3) is 0 Å². The van der Waals surface area contributed by atoms with E-state index in [1.165, 1.54) is 19.0 Å². The Hall–Kier alpha value is -2.08. The van der Waals surface area contributed by atoms with Crippen LogP contribution in [-0.4, -0.2) is 54.4 Å². The summed E-state index contributed by atoms with van der Waals surface area (Å²) < 4.78 is 5.23.